The molecule has 0 amide bonds. The molecule has 0 N–H and O–H groups in total. The van der Waals surface area contributed by atoms with Crippen LogP contribution < -0.4 is 4.74 Å². The largest absolute Gasteiger partial charge is 0.496 e. The zero-order valence-electron chi connectivity index (χ0n) is 11.0. The molecule has 0 unspecified atom stereocenters. The van der Waals surface area contributed by atoms with Crippen LogP contribution in [0.4, 0.5) is 13.2 Å². The predicted octanol–water partition coefficient (Wildman–Crippen LogP) is 4.68. The molecule has 0 aliphatic carbocycles. The number of benzene rings is 2. The van der Waals surface area contributed by atoms with Crippen molar-refractivity contribution in [2.75, 3.05) is 7.11 Å². The van der Waals surface area contributed by atoms with Crippen LogP contribution in [0.15, 0.2) is 52.3 Å². The molecule has 2 aromatic rings. The summed E-state index contributed by atoms with van der Waals surface area (Å²) in [5.41, 5.74) is -1.30. The Kier molecular flexibility index (Phi) is 4.57. The number of carbonyl (C=O) groups excluding carboxylic acids is 1. The maximum absolute atomic E-state index is 12.9. The number of para-hydroxylation sites is 1. The van der Waals surface area contributed by atoms with E-state index >= 15 is 0 Å². The minimum absolute atomic E-state index is 0.209. The molecular formula is C15H11F3O2S. The van der Waals surface area contributed by atoms with Gasteiger partial charge in [-0.2, -0.15) is 13.2 Å². The second-order valence-electron chi connectivity index (χ2n) is 4.12. The Bertz CT molecular complexity index is 654. The fourth-order valence-electron chi connectivity index (χ4n) is 1.78. The van der Waals surface area contributed by atoms with Gasteiger partial charge in [0.05, 0.1) is 17.6 Å². The van der Waals surface area contributed by atoms with Crippen LogP contribution in [0.1, 0.15) is 15.9 Å². The summed E-state index contributed by atoms with van der Waals surface area (Å²) < 4.78 is 43.9. The second kappa shape index (κ2) is 6.22. The summed E-state index contributed by atoms with van der Waals surface area (Å²) in [5, 5.41) is 0. The highest BCUT2D eigenvalue weighted by molar-refractivity contribution is 7.99. The molecule has 0 radical (unpaired) electrons. The third kappa shape index (κ3) is 3.58. The fourth-order valence-corrected chi connectivity index (χ4v) is 2.74. The summed E-state index contributed by atoms with van der Waals surface area (Å²) in [7, 11) is 1.50. The molecule has 6 heteroatoms. The van der Waals surface area contributed by atoms with Crippen molar-refractivity contribution in [3.8, 4) is 5.75 Å². The molecule has 110 valence electrons. The van der Waals surface area contributed by atoms with Crippen molar-refractivity contribution in [1.29, 1.82) is 0 Å². The molecule has 0 saturated carbocycles. The topological polar surface area (TPSA) is 26.3 Å². The zero-order valence-corrected chi connectivity index (χ0v) is 11.8. The first-order valence-electron chi connectivity index (χ1n) is 5.93. The van der Waals surface area contributed by atoms with Crippen LogP contribution in [0.5, 0.6) is 5.75 Å². The number of halogens is 3. The van der Waals surface area contributed by atoms with Crippen LogP contribution in [0, 0.1) is 0 Å². The molecule has 2 aromatic carbocycles. The summed E-state index contributed by atoms with van der Waals surface area (Å²) in [6.45, 7) is 0. The molecule has 0 heterocycles. The van der Waals surface area contributed by atoms with Crippen LogP contribution in [-0.4, -0.2) is 13.4 Å². The molecule has 21 heavy (non-hydrogen) atoms. The van der Waals surface area contributed by atoms with E-state index in [-0.39, 0.29) is 11.8 Å². The summed E-state index contributed by atoms with van der Waals surface area (Å²) >= 11 is 1.15. The van der Waals surface area contributed by atoms with Gasteiger partial charge in [-0.15, -0.1) is 0 Å². The lowest BCUT2D eigenvalue weighted by Crippen LogP contribution is -2.08. The molecule has 0 bridgehead atoms. The molecule has 0 atom stereocenters. The van der Waals surface area contributed by atoms with Crippen molar-refractivity contribution in [3.63, 3.8) is 0 Å². The Balaban J connectivity index is 2.40. The minimum atomic E-state index is -4.56. The van der Waals surface area contributed by atoms with Crippen LogP contribution in [0.25, 0.3) is 0 Å². The van der Waals surface area contributed by atoms with Crippen molar-refractivity contribution in [2.45, 2.75) is 16.0 Å². The van der Waals surface area contributed by atoms with E-state index in [4.69, 9.17) is 4.74 Å². The van der Waals surface area contributed by atoms with E-state index in [0.29, 0.717) is 15.5 Å². The van der Waals surface area contributed by atoms with Crippen LogP contribution in [0.2, 0.25) is 0 Å². The quantitative estimate of drug-likeness (QED) is 0.767. The Morgan fingerprint density at radius 1 is 1.14 bits per heavy atom. The average molecular weight is 312 g/mol. The molecule has 0 aliphatic heterocycles. The van der Waals surface area contributed by atoms with Gasteiger partial charge >= 0.3 is 6.18 Å². The van der Waals surface area contributed by atoms with E-state index in [2.05, 4.69) is 0 Å². The monoisotopic (exact) mass is 312 g/mol. The van der Waals surface area contributed by atoms with Gasteiger partial charge in [0.1, 0.15) is 5.75 Å². The number of ether oxygens (including phenoxy) is 1. The summed E-state index contributed by atoms with van der Waals surface area (Å²) in [6.07, 6.45) is -4.35. The van der Waals surface area contributed by atoms with Crippen molar-refractivity contribution in [3.05, 3.63) is 53.6 Å². The summed E-state index contributed by atoms with van der Waals surface area (Å²) in [4.78, 5) is 11.8. The third-order valence-corrected chi connectivity index (χ3v) is 3.80. The zero-order chi connectivity index (χ0) is 15.5. The Labute approximate surface area is 123 Å². The van der Waals surface area contributed by atoms with Crippen molar-refractivity contribution in [1.82, 2.24) is 0 Å². The lowest BCUT2D eigenvalue weighted by molar-refractivity contribution is -0.138. The van der Waals surface area contributed by atoms with Gasteiger partial charge in [0.2, 0.25) is 0 Å². The maximum Gasteiger partial charge on any atom is 0.417 e. The maximum atomic E-state index is 12.9. The molecule has 2 rings (SSSR count). The highest BCUT2D eigenvalue weighted by atomic mass is 32.2. The van der Waals surface area contributed by atoms with E-state index in [1.807, 2.05) is 0 Å². The van der Waals surface area contributed by atoms with Gasteiger partial charge in [-0.3, -0.25) is 4.79 Å². The molecule has 0 aliphatic rings. The standard InChI is InChI=1S/C15H11F3O2S/c1-20-13-4-2-3-5-14(13)21-11-7-6-10(9-19)12(8-11)15(16,17)18/h2-9H,1H3. The number of alkyl halides is 3. The van der Waals surface area contributed by atoms with E-state index < -0.39 is 11.7 Å². The van der Waals surface area contributed by atoms with E-state index in [0.717, 1.165) is 17.8 Å². The van der Waals surface area contributed by atoms with Crippen molar-refractivity contribution < 1.29 is 22.7 Å². The van der Waals surface area contributed by atoms with Gasteiger partial charge in [0.25, 0.3) is 0 Å². The van der Waals surface area contributed by atoms with Gasteiger partial charge in [-0.05, 0) is 30.3 Å². The van der Waals surface area contributed by atoms with E-state index in [1.54, 1.807) is 24.3 Å². The summed E-state index contributed by atoms with van der Waals surface area (Å²) in [6, 6.07) is 10.7. The Hall–Kier alpha value is -1.95. The Morgan fingerprint density at radius 3 is 2.48 bits per heavy atom. The lowest BCUT2D eigenvalue weighted by atomic mass is 10.1. The van der Waals surface area contributed by atoms with Gasteiger partial charge in [-0.1, -0.05) is 23.9 Å². The third-order valence-electron chi connectivity index (χ3n) is 2.75. The van der Waals surface area contributed by atoms with Crippen LogP contribution >= 0.6 is 11.8 Å². The minimum Gasteiger partial charge on any atom is -0.496 e. The van der Waals surface area contributed by atoms with Gasteiger partial charge in [0, 0.05) is 10.5 Å². The molecule has 0 fully saturated rings. The van der Waals surface area contributed by atoms with E-state index in [9.17, 15) is 18.0 Å². The number of carbonyl (C=O) groups is 1. The molecule has 0 aromatic heterocycles. The van der Waals surface area contributed by atoms with Gasteiger partial charge in [0.15, 0.2) is 6.29 Å². The first-order chi connectivity index (χ1) is 9.95. The fraction of sp³-hybridized carbons (Fsp3) is 0.133. The van der Waals surface area contributed by atoms with Gasteiger partial charge < -0.3 is 4.74 Å². The first kappa shape index (κ1) is 15.4. The first-order valence-corrected chi connectivity index (χ1v) is 6.74. The number of hydrogen-bond donors (Lipinski definition) is 0. The molecular weight excluding hydrogens is 301 g/mol. The van der Waals surface area contributed by atoms with Gasteiger partial charge in [-0.25, -0.2) is 0 Å². The molecule has 0 spiro atoms. The van der Waals surface area contributed by atoms with Crippen LogP contribution in [0.3, 0.4) is 0 Å². The molecule has 2 nitrogen and oxygen atoms in total. The summed E-state index contributed by atoms with van der Waals surface area (Å²) in [5.74, 6) is 0.579. The number of methoxy groups -OCH3 is 1. The lowest BCUT2D eigenvalue weighted by Gasteiger charge is -2.12. The Morgan fingerprint density at radius 2 is 1.86 bits per heavy atom. The SMILES string of the molecule is COc1ccccc1Sc1ccc(C=O)c(C(F)(F)F)c1. The number of aldehydes is 1. The van der Waals surface area contributed by atoms with Crippen LogP contribution in [-0.2, 0) is 6.18 Å². The van der Waals surface area contributed by atoms with Crippen molar-refractivity contribution >= 4 is 18.0 Å². The highest BCUT2D eigenvalue weighted by Crippen LogP contribution is 2.38. The second-order valence-corrected chi connectivity index (χ2v) is 5.23. The smallest absolute Gasteiger partial charge is 0.417 e. The predicted molar refractivity (Wildman–Crippen MR) is 73.9 cm³/mol. The number of hydrogen-bond acceptors (Lipinski definition) is 3. The number of rotatable bonds is 4. The van der Waals surface area contributed by atoms with E-state index in [1.165, 1.54) is 19.2 Å². The highest BCUT2D eigenvalue weighted by Gasteiger charge is 2.33. The average Bonchev–Trinajstić information content (AvgIpc) is 2.47. The molecule has 0 saturated heterocycles. The normalized spacial score (nSPS) is 11.2. The van der Waals surface area contributed by atoms with Crippen molar-refractivity contribution in [2.24, 2.45) is 0 Å².